The Morgan fingerprint density at radius 1 is 1.16 bits per heavy atom. The zero-order valence-corrected chi connectivity index (χ0v) is 11.8. The first-order valence-corrected chi connectivity index (χ1v) is 6.78. The van der Waals surface area contributed by atoms with Crippen LogP contribution in [0.4, 0.5) is 5.69 Å². The Balaban J connectivity index is 2.29. The Hall–Kier alpha value is -1.55. The van der Waals surface area contributed by atoms with Gasteiger partial charge in [0.1, 0.15) is 12.4 Å². The summed E-state index contributed by atoms with van der Waals surface area (Å²) in [4.78, 5) is 11.3. The van der Waals surface area contributed by atoms with Gasteiger partial charge < -0.3 is 14.8 Å². The van der Waals surface area contributed by atoms with Gasteiger partial charge in [0.2, 0.25) is 5.91 Å². The maximum Gasteiger partial charge on any atom is 0.250 e. The molecule has 0 aromatic heterocycles. The van der Waals surface area contributed by atoms with E-state index >= 15 is 0 Å². The number of unbranched alkanes of at least 4 members (excludes halogenated alkanes) is 3. The van der Waals surface area contributed by atoms with E-state index in [0.29, 0.717) is 0 Å². The fourth-order valence-electron chi connectivity index (χ4n) is 1.68. The standard InChI is InChI=1S/C15H23NO3/c1-3-4-5-6-11-19-14-9-7-13(8-10-14)16-15(17)12-18-2/h7-10H,3-6,11-12H2,1-2H3,(H,16,17). The second-order valence-electron chi connectivity index (χ2n) is 4.41. The van der Waals surface area contributed by atoms with Gasteiger partial charge in [-0.1, -0.05) is 26.2 Å². The molecule has 1 rings (SSSR count). The smallest absolute Gasteiger partial charge is 0.250 e. The van der Waals surface area contributed by atoms with Crippen LogP contribution in [0.15, 0.2) is 24.3 Å². The lowest BCUT2D eigenvalue weighted by molar-refractivity contribution is -0.119. The number of hydrogen-bond donors (Lipinski definition) is 1. The number of anilines is 1. The van der Waals surface area contributed by atoms with Crippen LogP contribution in [-0.2, 0) is 9.53 Å². The van der Waals surface area contributed by atoms with Gasteiger partial charge in [-0.15, -0.1) is 0 Å². The van der Waals surface area contributed by atoms with Crippen LogP contribution in [0.1, 0.15) is 32.6 Å². The Bertz CT molecular complexity index is 362. The molecule has 0 heterocycles. The lowest BCUT2D eigenvalue weighted by atomic mass is 10.2. The maximum atomic E-state index is 11.3. The molecule has 0 unspecified atom stereocenters. The van der Waals surface area contributed by atoms with E-state index < -0.39 is 0 Å². The van der Waals surface area contributed by atoms with Crippen LogP contribution in [0.5, 0.6) is 5.75 Å². The summed E-state index contributed by atoms with van der Waals surface area (Å²) in [6.07, 6.45) is 4.78. The summed E-state index contributed by atoms with van der Waals surface area (Å²) in [5, 5.41) is 2.73. The highest BCUT2D eigenvalue weighted by Gasteiger charge is 2.01. The summed E-state index contributed by atoms with van der Waals surface area (Å²) in [6.45, 7) is 3.00. The SMILES string of the molecule is CCCCCCOc1ccc(NC(=O)COC)cc1. The monoisotopic (exact) mass is 265 g/mol. The van der Waals surface area contributed by atoms with Crippen molar-refractivity contribution in [3.8, 4) is 5.75 Å². The number of benzene rings is 1. The predicted octanol–water partition coefficient (Wildman–Crippen LogP) is 3.23. The molecule has 4 heteroatoms. The fourth-order valence-corrected chi connectivity index (χ4v) is 1.68. The van der Waals surface area contributed by atoms with Crippen molar-refractivity contribution in [2.24, 2.45) is 0 Å². The minimum Gasteiger partial charge on any atom is -0.494 e. The highest BCUT2D eigenvalue weighted by molar-refractivity contribution is 5.91. The number of carbonyl (C=O) groups excluding carboxylic acids is 1. The summed E-state index contributed by atoms with van der Waals surface area (Å²) >= 11 is 0. The maximum absolute atomic E-state index is 11.3. The zero-order valence-electron chi connectivity index (χ0n) is 11.8. The molecule has 0 radical (unpaired) electrons. The van der Waals surface area contributed by atoms with E-state index in [0.717, 1.165) is 24.5 Å². The topological polar surface area (TPSA) is 47.6 Å². The minimum absolute atomic E-state index is 0.0652. The molecule has 0 bridgehead atoms. The lowest BCUT2D eigenvalue weighted by Crippen LogP contribution is -2.16. The first-order chi connectivity index (χ1) is 9.26. The molecule has 1 aromatic carbocycles. The number of carbonyl (C=O) groups is 1. The van der Waals surface area contributed by atoms with Crippen molar-refractivity contribution < 1.29 is 14.3 Å². The molecule has 0 atom stereocenters. The van der Waals surface area contributed by atoms with Gasteiger partial charge in [-0.25, -0.2) is 0 Å². The van der Waals surface area contributed by atoms with Crippen molar-refractivity contribution in [1.29, 1.82) is 0 Å². The van der Waals surface area contributed by atoms with E-state index in [-0.39, 0.29) is 12.5 Å². The molecule has 0 spiro atoms. The van der Waals surface area contributed by atoms with Crippen molar-refractivity contribution in [3.63, 3.8) is 0 Å². The number of nitrogens with one attached hydrogen (secondary N) is 1. The second kappa shape index (κ2) is 9.39. The predicted molar refractivity (Wildman–Crippen MR) is 76.6 cm³/mol. The Labute approximate surface area is 115 Å². The van der Waals surface area contributed by atoms with Crippen molar-refractivity contribution in [2.75, 3.05) is 25.6 Å². The van der Waals surface area contributed by atoms with Gasteiger partial charge in [-0.3, -0.25) is 4.79 Å². The van der Waals surface area contributed by atoms with Gasteiger partial charge in [-0.2, -0.15) is 0 Å². The van der Waals surface area contributed by atoms with Gasteiger partial charge >= 0.3 is 0 Å². The first kappa shape index (κ1) is 15.5. The van der Waals surface area contributed by atoms with E-state index in [2.05, 4.69) is 12.2 Å². The molecule has 0 aliphatic rings. The average Bonchev–Trinajstić information content (AvgIpc) is 2.41. The lowest BCUT2D eigenvalue weighted by Gasteiger charge is -2.08. The number of rotatable bonds is 9. The first-order valence-electron chi connectivity index (χ1n) is 6.78. The highest BCUT2D eigenvalue weighted by Crippen LogP contribution is 2.16. The van der Waals surface area contributed by atoms with Crippen LogP contribution in [0.3, 0.4) is 0 Å². The summed E-state index contributed by atoms with van der Waals surface area (Å²) in [5.74, 6) is 0.678. The van der Waals surface area contributed by atoms with Gasteiger partial charge in [-0.05, 0) is 30.7 Å². The van der Waals surface area contributed by atoms with Crippen molar-refractivity contribution in [2.45, 2.75) is 32.6 Å². The number of amides is 1. The van der Waals surface area contributed by atoms with Gasteiger partial charge in [0.25, 0.3) is 0 Å². The molecule has 0 aliphatic heterocycles. The third kappa shape index (κ3) is 6.82. The zero-order chi connectivity index (χ0) is 13.9. The van der Waals surface area contributed by atoms with Crippen LogP contribution < -0.4 is 10.1 Å². The molecule has 1 N–H and O–H groups in total. The van der Waals surface area contributed by atoms with E-state index in [4.69, 9.17) is 9.47 Å². The van der Waals surface area contributed by atoms with Crippen molar-refractivity contribution in [1.82, 2.24) is 0 Å². The van der Waals surface area contributed by atoms with E-state index in [1.54, 1.807) is 0 Å². The van der Waals surface area contributed by atoms with E-state index in [1.165, 1.54) is 26.4 Å². The largest absolute Gasteiger partial charge is 0.494 e. The molecule has 0 saturated heterocycles. The van der Waals surface area contributed by atoms with Crippen LogP contribution >= 0.6 is 0 Å². The summed E-state index contributed by atoms with van der Waals surface area (Å²) < 4.78 is 10.4. The molecule has 0 aliphatic carbocycles. The quantitative estimate of drug-likeness (QED) is 0.697. The molecular weight excluding hydrogens is 242 g/mol. The Morgan fingerprint density at radius 2 is 1.89 bits per heavy atom. The molecule has 1 amide bonds. The molecule has 1 aromatic rings. The molecular formula is C15H23NO3. The van der Waals surface area contributed by atoms with Gasteiger partial charge in [0.05, 0.1) is 6.61 Å². The summed E-state index contributed by atoms with van der Waals surface area (Å²) in [5.41, 5.74) is 0.750. The van der Waals surface area contributed by atoms with Crippen LogP contribution in [0.25, 0.3) is 0 Å². The average molecular weight is 265 g/mol. The van der Waals surface area contributed by atoms with E-state index in [1.807, 2.05) is 24.3 Å². The Kier molecular flexibility index (Phi) is 7.66. The number of hydrogen-bond acceptors (Lipinski definition) is 3. The molecule has 106 valence electrons. The minimum atomic E-state index is -0.157. The van der Waals surface area contributed by atoms with Gasteiger partial charge in [0.15, 0.2) is 0 Å². The summed E-state index contributed by atoms with van der Waals surface area (Å²) in [7, 11) is 1.50. The van der Waals surface area contributed by atoms with Crippen LogP contribution in [-0.4, -0.2) is 26.2 Å². The Morgan fingerprint density at radius 3 is 2.53 bits per heavy atom. The normalized spacial score (nSPS) is 10.2. The van der Waals surface area contributed by atoms with Crippen LogP contribution in [0.2, 0.25) is 0 Å². The number of methoxy groups -OCH3 is 1. The fraction of sp³-hybridized carbons (Fsp3) is 0.533. The molecule has 0 saturated carbocycles. The van der Waals surface area contributed by atoms with Crippen LogP contribution in [0, 0.1) is 0 Å². The highest BCUT2D eigenvalue weighted by atomic mass is 16.5. The summed E-state index contributed by atoms with van der Waals surface area (Å²) in [6, 6.07) is 7.38. The van der Waals surface area contributed by atoms with Crippen molar-refractivity contribution >= 4 is 11.6 Å². The third-order valence-corrected chi connectivity index (χ3v) is 2.68. The molecule has 4 nitrogen and oxygen atoms in total. The second-order valence-corrected chi connectivity index (χ2v) is 4.41. The van der Waals surface area contributed by atoms with Gasteiger partial charge in [0, 0.05) is 12.8 Å². The number of ether oxygens (including phenoxy) is 2. The molecule has 0 fully saturated rings. The van der Waals surface area contributed by atoms with Crippen molar-refractivity contribution in [3.05, 3.63) is 24.3 Å². The molecule has 19 heavy (non-hydrogen) atoms. The van der Waals surface area contributed by atoms with E-state index in [9.17, 15) is 4.79 Å². The third-order valence-electron chi connectivity index (χ3n) is 2.68.